The van der Waals surface area contributed by atoms with E-state index in [1.54, 1.807) is 13.1 Å². The molecule has 104 valence electrons. The van der Waals surface area contributed by atoms with Gasteiger partial charge < -0.3 is 15.7 Å². The average molecular weight is 264 g/mol. The number of fused-ring (bicyclic) bond motifs is 1. The number of anilines is 2. The zero-order chi connectivity index (χ0) is 13.9. The predicted molar refractivity (Wildman–Crippen MR) is 75.3 cm³/mol. The third kappa shape index (κ3) is 3.11. The van der Waals surface area contributed by atoms with E-state index >= 15 is 0 Å². The molecule has 2 heterocycles. The lowest BCUT2D eigenvalue weighted by Gasteiger charge is -2.22. The van der Waals surface area contributed by atoms with Gasteiger partial charge in [-0.1, -0.05) is 6.92 Å². The molecule has 1 atom stereocenters. The fraction of sp³-hybridized carbons (Fsp3) is 0.583. The van der Waals surface area contributed by atoms with Gasteiger partial charge in [-0.05, 0) is 20.3 Å². The molecule has 0 saturated heterocycles. The third-order valence-electron chi connectivity index (χ3n) is 3.04. The Labute approximate surface area is 111 Å². The predicted octanol–water partition coefficient (Wildman–Crippen LogP) is 1.36. The van der Waals surface area contributed by atoms with E-state index in [9.17, 15) is 5.11 Å². The van der Waals surface area contributed by atoms with Crippen LogP contribution in [0, 0.1) is 0 Å². The molecule has 2 rings (SSSR count). The summed E-state index contributed by atoms with van der Waals surface area (Å²) in [6.45, 7) is 6.88. The van der Waals surface area contributed by atoms with Crippen LogP contribution in [-0.2, 0) is 0 Å². The summed E-state index contributed by atoms with van der Waals surface area (Å²) in [6.07, 6.45) is 2.34. The first-order valence-electron chi connectivity index (χ1n) is 6.47. The Morgan fingerprint density at radius 1 is 1.32 bits per heavy atom. The molecule has 7 nitrogen and oxygen atoms in total. The van der Waals surface area contributed by atoms with Gasteiger partial charge in [0.2, 0.25) is 5.95 Å². The normalized spacial score (nSPS) is 14.3. The maximum absolute atomic E-state index is 10.0. The van der Waals surface area contributed by atoms with Crippen molar-refractivity contribution in [2.45, 2.75) is 32.8 Å². The lowest BCUT2D eigenvalue weighted by Crippen LogP contribution is -2.32. The SMILES string of the molecule is CCNc1nc(NCC(C)(O)CC)c2cn[nH]c2n1. The van der Waals surface area contributed by atoms with Crippen LogP contribution in [0.15, 0.2) is 6.20 Å². The molecule has 0 radical (unpaired) electrons. The maximum atomic E-state index is 10.0. The molecular weight excluding hydrogens is 244 g/mol. The monoisotopic (exact) mass is 264 g/mol. The quantitative estimate of drug-likeness (QED) is 0.629. The number of aliphatic hydroxyl groups is 1. The molecule has 19 heavy (non-hydrogen) atoms. The van der Waals surface area contributed by atoms with E-state index < -0.39 is 5.60 Å². The summed E-state index contributed by atoms with van der Waals surface area (Å²) in [5.74, 6) is 1.21. The minimum absolute atomic E-state index is 0.423. The van der Waals surface area contributed by atoms with Crippen molar-refractivity contribution in [2.24, 2.45) is 0 Å². The number of H-pyrrole nitrogens is 1. The van der Waals surface area contributed by atoms with E-state index in [2.05, 4.69) is 30.8 Å². The Kier molecular flexibility index (Phi) is 3.84. The average Bonchev–Trinajstić information content (AvgIpc) is 2.85. The number of rotatable bonds is 6. The van der Waals surface area contributed by atoms with Gasteiger partial charge in [0.25, 0.3) is 0 Å². The second-order valence-corrected chi connectivity index (χ2v) is 4.76. The minimum Gasteiger partial charge on any atom is -0.388 e. The van der Waals surface area contributed by atoms with Crippen LogP contribution in [0.4, 0.5) is 11.8 Å². The number of hydrogen-bond donors (Lipinski definition) is 4. The number of nitrogens with zero attached hydrogens (tertiary/aromatic N) is 3. The number of nitrogens with one attached hydrogen (secondary N) is 3. The highest BCUT2D eigenvalue weighted by Crippen LogP contribution is 2.21. The molecular formula is C12H20N6O. The summed E-state index contributed by atoms with van der Waals surface area (Å²) in [7, 11) is 0. The van der Waals surface area contributed by atoms with E-state index in [0.29, 0.717) is 30.4 Å². The molecule has 2 aromatic heterocycles. The van der Waals surface area contributed by atoms with Crippen molar-refractivity contribution < 1.29 is 5.11 Å². The standard InChI is InChI=1S/C12H20N6O/c1-4-12(3,19)7-14-9-8-6-15-18-10(8)17-11(16-9)13-5-2/h6,19H,4-5,7H2,1-3H3,(H3,13,14,15,16,17,18). The molecule has 0 fully saturated rings. The van der Waals surface area contributed by atoms with Gasteiger partial charge in [0.1, 0.15) is 5.82 Å². The smallest absolute Gasteiger partial charge is 0.226 e. The summed E-state index contributed by atoms with van der Waals surface area (Å²) in [5.41, 5.74) is -0.0936. The van der Waals surface area contributed by atoms with Crippen LogP contribution in [0.3, 0.4) is 0 Å². The molecule has 0 saturated carbocycles. The van der Waals surface area contributed by atoms with Gasteiger partial charge in [-0.25, -0.2) is 0 Å². The lowest BCUT2D eigenvalue weighted by atomic mass is 10.0. The molecule has 0 spiro atoms. The molecule has 7 heteroatoms. The van der Waals surface area contributed by atoms with Gasteiger partial charge in [-0.2, -0.15) is 15.1 Å². The van der Waals surface area contributed by atoms with E-state index in [-0.39, 0.29) is 0 Å². The van der Waals surface area contributed by atoms with E-state index in [4.69, 9.17) is 0 Å². The van der Waals surface area contributed by atoms with Gasteiger partial charge in [0, 0.05) is 13.1 Å². The highest BCUT2D eigenvalue weighted by molar-refractivity contribution is 5.86. The molecule has 0 amide bonds. The van der Waals surface area contributed by atoms with Crippen molar-refractivity contribution in [3.63, 3.8) is 0 Å². The second-order valence-electron chi connectivity index (χ2n) is 4.76. The van der Waals surface area contributed by atoms with E-state index in [0.717, 1.165) is 11.9 Å². The molecule has 1 unspecified atom stereocenters. The highest BCUT2D eigenvalue weighted by Gasteiger charge is 2.18. The van der Waals surface area contributed by atoms with Gasteiger partial charge >= 0.3 is 0 Å². The Balaban J connectivity index is 2.27. The summed E-state index contributed by atoms with van der Waals surface area (Å²) < 4.78 is 0. The van der Waals surface area contributed by atoms with Gasteiger partial charge in [0.15, 0.2) is 5.65 Å². The van der Waals surface area contributed by atoms with Crippen LogP contribution in [-0.4, -0.2) is 44.0 Å². The fourth-order valence-electron chi connectivity index (χ4n) is 1.61. The van der Waals surface area contributed by atoms with E-state index in [1.165, 1.54) is 0 Å². The van der Waals surface area contributed by atoms with Crippen LogP contribution in [0.2, 0.25) is 0 Å². The van der Waals surface area contributed by atoms with Crippen molar-refractivity contribution in [3.05, 3.63) is 6.20 Å². The largest absolute Gasteiger partial charge is 0.388 e. The van der Waals surface area contributed by atoms with Gasteiger partial charge in [0.05, 0.1) is 17.2 Å². The first-order chi connectivity index (χ1) is 9.05. The number of aromatic amines is 1. The highest BCUT2D eigenvalue weighted by atomic mass is 16.3. The van der Waals surface area contributed by atoms with Crippen LogP contribution < -0.4 is 10.6 Å². The Bertz CT molecular complexity index is 550. The van der Waals surface area contributed by atoms with Gasteiger partial charge in [-0.15, -0.1) is 0 Å². The molecule has 4 N–H and O–H groups in total. The Hall–Kier alpha value is -1.89. The van der Waals surface area contributed by atoms with Crippen molar-refractivity contribution in [3.8, 4) is 0 Å². The molecule has 0 aliphatic heterocycles. The fourth-order valence-corrected chi connectivity index (χ4v) is 1.61. The number of aromatic nitrogens is 4. The first-order valence-corrected chi connectivity index (χ1v) is 6.47. The molecule has 0 bridgehead atoms. The zero-order valence-corrected chi connectivity index (χ0v) is 11.5. The third-order valence-corrected chi connectivity index (χ3v) is 3.04. The lowest BCUT2D eigenvalue weighted by molar-refractivity contribution is 0.0697. The summed E-state index contributed by atoms with van der Waals surface area (Å²) in [4.78, 5) is 8.70. The van der Waals surface area contributed by atoms with Crippen LogP contribution in [0.25, 0.3) is 11.0 Å². The Morgan fingerprint density at radius 2 is 2.11 bits per heavy atom. The van der Waals surface area contributed by atoms with Crippen molar-refractivity contribution in [1.29, 1.82) is 0 Å². The molecule has 0 aliphatic carbocycles. The summed E-state index contributed by atoms with van der Waals surface area (Å²) in [6, 6.07) is 0. The topological polar surface area (TPSA) is 98.8 Å². The molecule has 0 aliphatic rings. The molecule has 2 aromatic rings. The van der Waals surface area contributed by atoms with Crippen LogP contribution in [0.5, 0.6) is 0 Å². The maximum Gasteiger partial charge on any atom is 0.226 e. The van der Waals surface area contributed by atoms with Crippen molar-refractivity contribution >= 4 is 22.8 Å². The summed E-state index contributed by atoms with van der Waals surface area (Å²) in [5, 5.41) is 23.9. The Morgan fingerprint density at radius 3 is 2.79 bits per heavy atom. The second kappa shape index (κ2) is 5.40. The van der Waals surface area contributed by atoms with Crippen molar-refractivity contribution in [1.82, 2.24) is 20.2 Å². The summed E-state index contributed by atoms with van der Waals surface area (Å²) >= 11 is 0. The van der Waals surface area contributed by atoms with Crippen LogP contribution in [0.1, 0.15) is 27.2 Å². The zero-order valence-electron chi connectivity index (χ0n) is 11.5. The first kappa shape index (κ1) is 13.5. The van der Waals surface area contributed by atoms with E-state index in [1.807, 2.05) is 13.8 Å². The number of hydrogen-bond acceptors (Lipinski definition) is 6. The molecule has 0 aromatic carbocycles. The van der Waals surface area contributed by atoms with Gasteiger partial charge in [-0.3, -0.25) is 5.10 Å². The van der Waals surface area contributed by atoms with Crippen molar-refractivity contribution in [2.75, 3.05) is 23.7 Å². The minimum atomic E-state index is -0.765. The van der Waals surface area contributed by atoms with Crippen LogP contribution >= 0.6 is 0 Å².